The van der Waals surface area contributed by atoms with Crippen molar-refractivity contribution in [3.8, 4) is 0 Å². The fourth-order valence-corrected chi connectivity index (χ4v) is 6.69. The molecule has 0 unspecified atom stereocenters. The summed E-state index contributed by atoms with van der Waals surface area (Å²) in [6.07, 6.45) is 5.14. The van der Waals surface area contributed by atoms with Gasteiger partial charge < -0.3 is 15.1 Å². The molecule has 152 valence electrons. The van der Waals surface area contributed by atoms with Gasteiger partial charge in [0, 0.05) is 37.9 Å². The average Bonchev–Trinajstić information content (AvgIpc) is 3.01. The number of amides is 3. The molecule has 4 atom stereocenters. The number of anilines is 1. The van der Waals surface area contributed by atoms with E-state index >= 15 is 0 Å². The molecule has 2 saturated heterocycles. The highest BCUT2D eigenvalue weighted by Crippen LogP contribution is 2.53. The number of hydrogen-bond donors (Lipinski definition) is 1. The molecule has 2 aliphatic heterocycles. The number of rotatable bonds is 2. The van der Waals surface area contributed by atoms with Crippen molar-refractivity contribution in [3.63, 3.8) is 0 Å². The molecule has 3 aliphatic rings. The Labute approximate surface area is 169 Å². The molecule has 3 fully saturated rings. The number of thiazole rings is 1. The molecule has 1 aromatic heterocycles. The molecule has 3 amide bonds. The SMILES string of the molecule is CC(=O)Nc1nc(C)c(C(=O)N2[C@@H]3CN(C(C)=O)[C@@H]4CCCC[C@H]2[C@]4(C)C3)s1. The van der Waals surface area contributed by atoms with Crippen LogP contribution in [0.5, 0.6) is 0 Å². The molecule has 4 rings (SSSR count). The second kappa shape index (κ2) is 6.83. The lowest BCUT2D eigenvalue weighted by Crippen LogP contribution is -2.55. The van der Waals surface area contributed by atoms with Gasteiger partial charge in [0.1, 0.15) is 4.88 Å². The molecule has 8 heteroatoms. The van der Waals surface area contributed by atoms with Crippen molar-refractivity contribution in [2.45, 2.75) is 77.9 Å². The lowest BCUT2D eigenvalue weighted by atomic mass is 9.71. The van der Waals surface area contributed by atoms with E-state index in [1.165, 1.54) is 18.3 Å². The maximum atomic E-state index is 13.6. The highest BCUT2D eigenvalue weighted by atomic mass is 32.1. The van der Waals surface area contributed by atoms with Crippen LogP contribution in [-0.2, 0) is 9.59 Å². The van der Waals surface area contributed by atoms with E-state index in [0.717, 1.165) is 32.1 Å². The zero-order valence-electron chi connectivity index (χ0n) is 16.9. The minimum absolute atomic E-state index is 0.00335. The van der Waals surface area contributed by atoms with E-state index in [4.69, 9.17) is 0 Å². The summed E-state index contributed by atoms with van der Waals surface area (Å²) in [5, 5.41) is 3.15. The topological polar surface area (TPSA) is 82.6 Å². The van der Waals surface area contributed by atoms with Crippen LogP contribution in [0.3, 0.4) is 0 Å². The van der Waals surface area contributed by atoms with Crippen LogP contribution in [0.2, 0.25) is 0 Å². The average molecular weight is 405 g/mol. The Kier molecular flexibility index (Phi) is 4.72. The van der Waals surface area contributed by atoms with Gasteiger partial charge in [-0.05, 0) is 26.2 Å². The van der Waals surface area contributed by atoms with Gasteiger partial charge in [-0.15, -0.1) is 0 Å². The molecule has 1 N–H and O–H groups in total. The number of fused-ring (bicyclic) bond motifs is 1. The predicted octanol–water partition coefficient (Wildman–Crippen LogP) is 2.80. The Morgan fingerprint density at radius 2 is 1.86 bits per heavy atom. The minimum atomic E-state index is -0.194. The van der Waals surface area contributed by atoms with Crippen molar-refractivity contribution in [3.05, 3.63) is 10.6 Å². The largest absolute Gasteiger partial charge is 0.337 e. The summed E-state index contributed by atoms with van der Waals surface area (Å²) < 4.78 is 0. The predicted molar refractivity (Wildman–Crippen MR) is 107 cm³/mol. The van der Waals surface area contributed by atoms with Gasteiger partial charge in [-0.25, -0.2) is 4.98 Å². The smallest absolute Gasteiger partial charge is 0.266 e. The molecule has 7 nitrogen and oxygen atoms in total. The highest BCUT2D eigenvalue weighted by Gasteiger charge is 2.60. The van der Waals surface area contributed by atoms with E-state index < -0.39 is 0 Å². The molecule has 0 spiro atoms. The van der Waals surface area contributed by atoms with Crippen molar-refractivity contribution in [1.29, 1.82) is 0 Å². The lowest BCUT2D eigenvalue weighted by Gasteiger charge is -2.46. The summed E-state index contributed by atoms with van der Waals surface area (Å²) >= 11 is 1.24. The molecular formula is C20H28N4O3S. The number of hydrogen-bond acceptors (Lipinski definition) is 5. The zero-order valence-corrected chi connectivity index (χ0v) is 17.8. The number of nitrogens with zero attached hydrogens (tertiary/aromatic N) is 3. The van der Waals surface area contributed by atoms with Crippen molar-refractivity contribution in [2.24, 2.45) is 5.41 Å². The summed E-state index contributed by atoms with van der Waals surface area (Å²) in [4.78, 5) is 46.4. The van der Waals surface area contributed by atoms with Crippen LogP contribution in [0, 0.1) is 12.3 Å². The molecule has 2 bridgehead atoms. The summed E-state index contributed by atoms with van der Waals surface area (Å²) in [6, 6.07) is 0.406. The molecule has 0 aromatic carbocycles. The Bertz CT molecular complexity index is 837. The first-order valence-corrected chi connectivity index (χ1v) is 10.9. The number of nitrogens with one attached hydrogen (secondary N) is 1. The van der Waals surface area contributed by atoms with E-state index in [0.29, 0.717) is 22.2 Å². The molecular weight excluding hydrogens is 376 g/mol. The van der Waals surface area contributed by atoms with Crippen molar-refractivity contribution >= 4 is 34.2 Å². The first-order chi connectivity index (χ1) is 13.2. The van der Waals surface area contributed by atoms with Gasteiger partial charge in [0.2, 0.25) is 11.8 Å². The normalized spacial score (nSPS) is 31.5. The second-order valence-electron chi connectivity index (χ2n) is 8.68. The Morgan fingerprint density at radius 3 is 2.50 bits per heavy atom. The number of likely N-dealkylation sites (tertiary alicyclic amines) is 2. The standard InChI is InChI=1S/C20H28N4O3S/c1-11-17(28-19(21-11)22-12(2)25)18(27)24-14-9-20(4)15(23(10-14)13(3)26)7-5-6-8-16(20)24/h14-16H,5-10H2,1-4H3,(H,21,22,25)/t14-,15+,16-,20+/m0/s1. The van der Waals surface area contributed by atoms with Crippen LogP contribution >= 0.6 is 11.3 Å². The fourth-order valence-electron chi connectivity index (χ4n) is 5.74. The number of carbonyl (C=O) groups excluding carboxylic acids is 3. The van der Waals surface area contributed by atoms with E-state index in [2.05, 4.69) is 22.1 Å². The van der Waals surface area contributed by atoms with Crippen molar-refractivity contribution in [1.82, 2.24) is 14.8 Å². The zero-order chi connectivity index (χ0) is 20.2. The van der Waals surface area contributed by atoms with Gasteiger partial charge in [-0.2, -0.15) is 0 Å². The summed E-state index contributed by atoms with van der Waals surface area (Å²) in [6.45, 7) is 7.79. The third kappa shape index (κ3) is 2.93. The highest BCUT2D eigenvalue weighted by molar-refractivity contribution is 7.17. The summed E-state index contributed by atoms with van der Waals surface area (Å²) in [5.41, 5.74) is 0.596. The van der Waals surface area contributed by atoms with E-state index in [9.17, 15) is 14.4 Å². The molecule has 3 heterocycles. The third-order valence-electron chi connectivity index (χ3n) is 6.83. The van der Waals surface area contributed by atoms with Gasteiger partial charge in [0.15, 0.2) is 5.13 Å². The molecule has 1 aromatic rings. The molecule has 28 heavy (non-hydrogen) atoms. The molecule has 0 radical (unpaired) electrons. The van der Waals surface area contributed by atoms with Crippen LogP contribution in [0.25, 0.3) is 0 Å². The van der Waals surface area contributed by atoms with E-state index in [1.807, 2.05) is 11.8 Å². The first-order valence-electron chi connectivity index (χ1n) is 10.1. The van der Waals surface area contributed by atoms with Crippen LogP contribution < -0.4 is 5.32 Å². The Morgan fingerprint density at radius 1 is 1.18 bits per heavy atom. The van der Waals surface area contributed by atoms with E-state index in [-0.39, 0.29) is 41.3 Å². The quantitative estimate of drug-likeness (QED) is 0.822. The second-order valence-corrected chi connectivity index (χ2v) is 9.68. The van der Waals surface area contributed by atoms with Crippen LogP contribution in [0.15, 0.2) is 0 Å². The third-order valence-corrected chi connectivity index (χ3v) is 7.89. The monoisotopic (exact) mass is 404 g/mol. The van der Waals surface area contributed by atoms with Crippen molar-refractivity contribution < 1.29 is 14.4 Å². The fraction of sp³-hybridized carbons (Fsp3) is 0.700. The number of aryl methyl sites for hydroxylation is 1. The van der Waals surface area contributed by atoms with Crippen LogP contribution in [0.1, 0.15) is 68.2 Å². The van der Waals surface area contributed by atoms with Crippen molar-refractivity contribution in [2.75, 3.05) is 11.9 Å². The lowest BCUT2D eigenvalue weighted by molar-refractivity contribution is -0.136. The molecule has 1 aliphatic carbocycles. The van der Waals surface area contributed by atoms with E-state index in [1.54, 1.807) is 6.92 Å². The number of carbonyl (C=O) groups is 3. The Hall–Kier alpha value is -1.96. The maximum Gasteiger partial charge on any atom is 0.266 e. The van der Waals surface area contributed by atoms with Gasteiger partial charge >= 0.3 is 0 Å². The van der Waals surface area contributed by atoms with Crippen LogP contribution in [0.4, 0.5) is 5.13 Å². The Balaban J connectivity index is 1.70. The van der Waals surface area contributed by atoms with Gasteiger partial charge in [0.25, 0.3) is 5.91 Å². The summed E-state index contributed by atoms with van der Waals surface area (Å²) in [7, 11) is 0. The van der Waals surface area contributed by atoms with Gasteiger partial charge in [-0.3, -0.25) is 14.4 Å². The van der Waals surface area contributed by atoms with Crippen LogP contribution in [-0.4, -0.2) is 57.2 Å². The number of piperidine rings is 1. The number of aromatic nitrogens is 1. The molecule has 1 saturated carbocycles. The van der Waals surface area contributed by atoms with Gasteiger partial charge in [-0.1, -0.05) is 31.1 Å². The first kappa shape index (κ1) is 19.4. The maximum absolute atomic E-state index is 13.6. The summed E-state index contributed by atoms with van der Waals surface area (Å²) in [5.74, 6) is -0.0878. The van der Waals surface area contributed by atoms with Gasteiger partial charge in [0.05, 0.1) is 11.7 Å². The minimum Gasteiger partial charge on any atom is -0.337 e.